The molecule has 0 aromatic heterocycles. The number of hydrogen-bond acceptors (Lipinski definition) is 1. The second-order valence-electron chi connectivity index (χ2n) is 4.72. The zero-order valence-electron chi connectivity index (χ0n) is 11.6. The Balaban J connectivity index is 6.72. The maximum atomic E-state index is 12.9. The number of nitrogens with zero attached hydrogens (tertiary/aromatic N) is 1. The summed E-state index contributed by atoms with van der Waals surface area (Å²) < 4.78 is 236. The lowest BCUT2D eigenvalue weighted by Gasteiger charge is -2.42. The van der Waals surface area contributed by atoms with E-state index in [0.717, 1.165) is 0 Å². The summed E-state index contributed by atoms with van der Waals surface area (Å²) in [5.74, 6) is -51.8. The van der Waals surface area contributed by atoms with Crippen LogP contribution < -0.4 is 0 Å². The molecule has 0 bridgehead atoms. The molecule has 0 saturated heterocycles. The Bertz CT molecular complexity index is 569. The van der Waals surface area contributed by atoms with Crippen molar-refractivity contribution in [1.29, 1.82) is 0 Å². The van der Waals surface area contributed by atoms with Crippen molar-refractivity contribution >= 4 is 0 Å². The second kappa shape index (κ2) is 6.31. The molecule has 0 aromatic carbocycles. The van der Waals surface area contributed by atoms with E-state index in [4.69, 9.17) is 0 Å². The largest absolute Gasteiger partial charge is 0.460 e. The van der Waals surface area contributed by atoms with Gasteiger partial charge in [0.05, 0.1) is 5.34 Å². The normalized spacial score (nSPS) is 16.7. The van der Waals surface area contributed by atoms with Crippen molar-refractivity contribution < 1.29 is 83.6 Å². The van der Waals surface area contributed by atoms with Gasteiger partial charge < -0.3 is 0 Å². The quantitative estimate of drug-likeness (QED) is 0.249. The Morgan fingerprint density at radius 1 is 0.321 bits per heavy atom. The van der Waals surface area contributed by atoms with Crippen molar-refractivity contribution in [2.75, 3.05) is 0 Å². The van der Waals surface area contributed by atoms with Gasteiger partial charge in [-0.05, 0) is 0 Å². The standard InChI is InChI=1S/C8F19N/c9-1(10,3(13,14)5(17,18)7(21,22)23)2(11,12)4(15,16)6(19,20)8(24,25)28(26)27. The molecule has 0 N–H and O–H groups in total. The minimum atomic E-state index is -8.86. The summed E-state index contributed by atoms with van der Waals surface area (Å²) in [6, 6.07) is -7.81. The first-order valence-corrected chi connectivity index (χ1v) is 5.52. The topological polar surface area (TPSA) is 3.24 Å². The van der Waals surface area contributed by atoms with Crippen LogP contribution in [0.4, 0.5) is 83.6 Å². The molecule has 0 fully saturated rings. The van der Waals surface area contributed by atoms with E-state index in [1.807, 2.05) is 0 Å². The van der Waals surface area contributed by atoms with Crippen molar-refractivity contribution in [2.24, 2.45) is 0 Å². The lowest BCUT2D eigenvalue weighted by molar-refractivity contribution is -0.485. The number of halogens is 19. The van der Waals surface area contributed by atoms with E-state index in [0.29, 0.717) is 0 Å². The summed E-state index contributed by atoms with van der Waals surface area (Å²) in [6.07, 6.45) is -7.87. The van der Waals surface area contributed by atoms with Gasteiger partial charge in [0.25, 0.3) is 0 Å². The van der Waals surface area contributed by atoms with Gasteiger partial charge in [0, 0.05) is 0 Å². The minimum Gasteiger partial charge on any atom is -0.192 e. The average molecular weight is 471 g/mol. The Kier molecular flexibility index (Phi) is 6.00. The monoisotopic (exact) mass is 471 g/mol. The van der Waals surface area contributed by atoms with Crippen molar-refractivity contribution in [3.8, 4) is 0 Å². The van der Waals surface area contributed by atoms with Crippen LogP contribution in [0, 0.1) is 0 Å². The van der Waals surface area contributed by atoms with E-state index in [9.17, 15) is 83.6 Å². The molecule has 0 radical (unpaired) electrons. The highest BCUT2D eigenvalue weighted by Gasteiger charge is 2.95. The van der Waals surface area contributed by atoms with Crippen LogP contribution in [0.3, 0.4) is 0 Å². The summed E-state index contributed by atoms with van der Waals surface area (Å²) in [5, 5.41) is -4.25. The summed E-state index contributed by atoms with van der Waals surface area (Å²) in [7, 11) is 0. The van der Waals surface area contributed by atoms with E-state index in [1.54, 1.807) is 0 Å². The lowest BCUT2D eigenvalue weighted by Crippen LogP contribution is -2.75. The minimum absolute atomic E-state index is 4.25. The lowest BCUT2D eigenvalue weighted by atomic mass is 9.90. The third-order valence-corrected chi connectivity index (χ3v) is 2.92. The highest BCUT2D eigenvalue weighted by atomic mass is 19.4. The van der Waals surface area contributed by atoms with Gasteiger partial charge in [0.15, 0.2) is 0 Å². The van der Waals surface area contributed by atoms with Gasteiger partial charge in [-0.2, -0.15) is 74.6 Å². The Labute approximate surface area is 138 Å². The second-order valence-corrected chi connectivity index (χ2v) is 4.72. The van der Waals surface area contributed by atoms with E-state index >= 15 is 0 Å². The third-order valence-electron chi connectivity index (χ3n) is 2.92. The molecule has 0 heterocycles. The molecule has 0 saturated carbocycles. The molecule has 0 aliphatic carbocycles. The molecule has 20 heteroatoms. The van der Waals surface area contributed by atoms with Crippen LogP contribution in [0.5, 0.6) is 0 Å². The van der Waals surface area contributed by atoms with E-state index < -0.39 is 53.1 Å². The fourth-order valence-corrected chi connectivity index (χ4v) is 1.26. The van der Waals surface area contributed by atoms with Crippen LogP contribution in [0.15, 0.2) is 0 Å². The van der Waals surface area contributed by atoms with Crippen molar-refractivity contribution in [1.82, 2.24) is 5.34 Å². The first-order chi connectivity index (χ1) is 11.7. The fraction of sp³-hybridized carbons (Fsp3) is 1.00. The van der Waals surface area contributed by atoms with Gasteiger partial charge in [-0.1, -0.05) is 8.96 Å². The van der Waals surface area contributed by atoms with Gasteiger partial charge >= 0.3 is 47.8 Å². The number of hydrogen-bond donors (Lipinski definition) is 0. The molecule has 0 rings (SSSR count). The average Bonchev–Trinajstić information content (AvgIpc) is 2.44. The molecule has 28 heavy (non-hydrogen) atoms. The summed E-state index contributed by atoms with van der Waals surface area (Å²) >= 11 is 0. The maximum absolute atomic E-state index is 12.9. The molecule has 0 aromatic rings. The van der Waals surface area contributed by atoms with Gasteiger partial charge in [0.2, 0.25) is 0 Å². The van der Waals surface area contributed by atoms with Crippen LogP contribution in [-0.2, 0) is 0 Å². The van der Waals surface area contributed by atoms with Crippen molar-refractivity contribution in [3.63, 3.8) is 0 Å². The molecule has 0 aliphatic rings. The van der Waals surface area contributed by atoms with Crippen LogP contribution >= 0.6 is 0 Å². The molecule has 170 valence electrons. The predicted octanol–water partition coefficient (Wildman–Crippen LogP) is 6.02. The maximum Gasteiger partial charge on any atom is 0.460 e. The van der Waals surface area contributed by atoms with Crippen LogP contribution in [0.2, 0.25) is 0 Å². The van der Waals surface area contributed by atoms with Crippen LogP contribution in [0.1, 0.15) is 0 Å². The SMILES string of the molecule is FN(F)C(F)(F)C(F)(F)C(F)(F)C(F)(F)C(F)(F)C(F)(F)C(F)(F)C(F)(F)F. The van der Waals surface area contributed by atoms with Gasteiger partial charge in [0.1, 0.15) is 0 Å². The van der Waals surface area contributed by atoms with Gasteiger partial charge in [-0.3, -0.25) is 0 Å². The molecule has 0 unspecified atom stereocenters. The first kappa shape index (κ1) is 26.6. The van der Waals surface area contributed by atoms with Crippen molar-refractivity contribution in [2.45, 2.75) is 47.8 Å². The Morgan fingerprint density at radius 2 is 0.536 bits per heavy atom. The summed E-state index contributed by atoms with van der Waals surface area (Å²) in [6.45, 7) is 0. The summed E-state index contributed by atoms with van der Waals surface area (Å²) in [4.78, 5) is 0. The third kappa shape index (κ3) is 3.01. The molecule has 0 amide bonds. The molecular formula is C8F19N. The highest BCUT2D eigenvalue weighted by molar-refractivity contribution is 5.14. The van der Waals surface area contributed by atoms with Gasteiger partial charge in [-0.25, -0.2) is 0 Å². The molecule has 0 atom stereocenters. The fourth-order valence-electron chi connectivity index (χ4n) is 1.26. The number of alkyl halides is 17. The summed E-state index contributed by atoms with van der Waals surface area (Å²) in [5.41, 5.74) is 0. The van der Waals surface area contributed by atoms with E-state index in [2.05, 4.69) is 0 Å². The van der Waals surface area contributed by atoms with Crippen LogP contribution in [-0.4, -0.2) is 53.1 Å². The Morgan fingerprint density at radius 3 is 0.750 bits per heavy atom. The molecule has 0 aliphatic heterocycles. The van der Waals surface area contributed by atoms with Crippen molar-refractivity contribution in [3.05, 3.63) is 0 Å². The number of rotatable bonds is 7. The Hall–Kier alpha value is -1.37. The molecular weight excluding hydrogens is 471 g/mol. The van der Waals surface area contributed by atoms with E-state index in [-0.39, 0.29) is 0 Å². The van der Waals surface area contributed by atoms with Crippen LogP contribution in [0.25, 0.3) is 0 Å². The van der Waals surface area contributed by atoms with E-state index in [1.165, 1.54) is 0 Å². The molecule has 0 spiro atoms. The zero-order chi connectivity index (χ0) is 23.6. The first-order valence-electron chi connectivity index (χ1n) is 5.52. The molecule has 1 nitrogen and oxygen atoms in total. The van der Waals surface area contributed by atoms with Gasteiger partial charge in [-0.15, -0.1) is 0 Å². The smallest absolute Gasteiger partial charge is 0.192 e. The highest BCUT2D eigenvalue weighted by Crippen LogP contribution is 2.64. The predicted molar refractivity (Wildman–Crippen MR) is 44.7 cm³/mol. The zero-order valence-corrected chi connectivity index (χ0v) is 11.6.